The van der Waals surface area contributed by atoms with Crippen LogP contribution in [0.4, 0.5) is 0 Å². The lowest BCUT2D eigenvalue weighted by Gasteiger charge is -1.99. The number of allylic oxidation sites excluding steroid dienone is 1. The van der Waals surface area contributed by atoms with E-state index in [2.05, 4.69) is 11.1 Å². The van der Waals surface area contributed by atoms with E-state index in [1.807, 2.05) is 30.5 Å². The van der Waals surface area contributed by atoms with Gasteiger partial charge in [0.25, 0.3) is 0 Å². The minimum Gasteiger partial charge on any atom is -0.462 e. The summed E-state index contributed by atoms with van der Waals surface area (Å²) >= 11 is 13.4. The lowest BCUT2D eigenvalue weighted by molar-refractivity contribution is 0.525. The first kappa shape index (κ1) is 15.8. The lowest BCUT2D eigenvalue weighted by atomic mass is 10.2. The highest BCUT2D eigenvalue weighted by atomic mass is 35.5. The van der Waals surface area contributed by atoms with Crippen LogP contribution in [0.5, 0.6) is 0 Å². The normalized spacial score (nSPS) is 11.5. The van der Waals surface area contributed by atoms with E-state index in [0.717, 1.165) is 17.0 Å². The molecule has 6 heteroatoms. The van der Waals surface area contributed by atoms with Crippen LogP contribution in [0, 0.1) is 18.3 Å². The Hall–Kier alpha value is -2.06. The molecule has 0 aliphatic carbocycles. The van der Waals surface area contributed by atoms with E-state index in [1.54, 1.807) is 18.2 Å². The van der Waals surface area contributed by atoms with Crippen molar-refractivity contribution in [3.8, 4) is 17.3 Å². The Balaban J connectivity index is 1.95. The zero-order chi connectivity index (χ0) is 16.4. The Kier molecular flexibility index (Phi) is 4.53. The van der Waals surface area contributed by atoms with Crippen molar-refractivity contribution in [2.45, 2.75) is 6.92 Å². The third-order valence-corrected chi connectivity index (χ3v) is 4.73. The predicted octanol–water partition coefficient (Wildman–Crippen LogP) is 6.08. The van der Waals surface area contributed by atoms with Gasteiger partial charge in [-0.3, -0.25) is 0 Å². The van der Waals surface area contributed by atoms with E-state index >= 15 is 0 Å². The molecule has 0 spiro atoms. The maximum absolute atomic E-state index is 9.38. The Morgan fingerprint density at radius 2 is 2.09 bits per heavy atom. The number of aromatic nitrogens is 1. The summed E-state index contributed by atoms with van der Waals surface area (Å²) in [5, 5.41) is 12.9. The second kappa shape index (κ2) is 6.59. The molecule has 0 fully saturated rings. The van der Waals surface area contributed by atoms with Gasteiger partial charge in [-0.2, -0.15) is 5.26 Å². The summed E-state index contributed by atoms with van der Waals surface area (Å²) in [7, 11) is 0. The van der Waals surface area contributed by atoms with Gasteiger partial charge in [-0.1, -0.05) is 29.3 Å². The van der Waals surface area contributed by atoms with Crippen molar-refractivity contribution in [1.82, 2.24) is 4.98 Å². The molecule has 23 heavy (non-hydrogen) atoms. The van der Waals surface area contributed by atoms with Crippen LogP contribution < -0.4 is 0 Å². The Bertz CT molecular complexity index is 934. The number of benzene rings is 1. The van der Waals surface area contributed by atoms with Crippen LogP contribution in [0.3, 0.4) is 0 Å². The molecule has 1 aromatic carbocycles. The van der Waals surface area contributed by atoms with Crippen molar-refractivity contribution in [2.75, 3.05) is 0 Å². The van der Waals surface area contributed by atoms with Crippen LogP contribution >= 0.6 is 34.5 Å². The number of nitrogens with zero attached hydrogens (tertiary/aromatic N) is 2. The third-order valence-electron chi connectivity index (χ3n) is 3.12. The molecule has 2 heterocycles. The number of rotatable bonds is 3. The number of hydrogen-bond donors (Lipinski definition) is 0. The fraction of sp³-hybridized carbons (Fsp3) is 0.0588. The van der Waals surface area contributed by atoms with Gasteiger partial charge in [0.2, 0.25) is 0 Å². The molecule has 0 aliphatic heterocycles. The largest absolute Gasteiger partial charge is 0.462 e. The first-order chi connectivity index (χ1) is 11.1. The highest BCUT2D eigenvalue weighted by Gasteiger charge is 2.11. The summed E-state index contributed by atoms with van der Waals surface area (Å²) in [6.45, 7) is 1.86. The highest BCUT2D eigenvalue weighted by molar-refractivity contribution is 7.11. The Morgan fingerprint density at radius 3 is 2.74 bits per heavy atom. The van der Waals surface area contributed by atoms with Crippen molar-refractivity contribution in [1.29, 1.82) is 5.26 Å². The van der Waals surface area contributed by atoms with Gasteiger partial charge in [-0.15, -0.1) is 11.3 Å². The molecule has 0 saturated carbocycles. The molecule has 0 amide bonds. The molecule has 0 N–H and O–H groups in total. The van der Waals surface area contributed by atoms with Crippen molar-refractivity contribution in [3.05, 3.63) is 62.3 Å². The number of aryl methyl sites for hydroxylation is 1. The minimum atomic E-state index is 0.454. The molecule has 0 saturated heterocycles. The molecular weight excluding hydrogens is 351 g/mol. The predicted molar refractivity (Wildman–Crippen MR) is 94.5 cm³/mol. The third kappa shape index (κ3) is 3.48. The number of hydrogen-bond acceptors (Lipinski definition) is 4. The van der Waals surface area contributed by atoms with Gasteiger partial charge in [0.1, 0.15) is 22.6 Å². The fourth-order valence-corrected chi connectivity index (χ4v) is 3.09. The van der Waals surface area contributed by atoms with Crippen LogP contribution in [0.25, 0.3) is 22.9 Å². The quantitative estimate of drug-likeness (QED) is 0.531. The van der Waals surface area contributed by atoms with Gasteiger partial charge in [-0.05, 0) is 31.2 Å². The molecule has 0 unspecified atom stereocenters. The van der Waals surface area contributed by atoms with E-state index in [1.165, 1.54) is 11.3 Å². The summed E-state index contributed by atoms with van der Waals surface area (Å²) < 4.78 is 5.47. The average molecular weight is 361 g/mol. The van der Waals surface area contributed by atoms with Gasteiger partial charge < -0.3 is 4.42 Å². The van der Waals surface area contributed by atoms with E-state index in [4.69, 9.17) is 27.6 Å². The Morgan fingerprint density at radius 1 is 1.26 bits per heavy atom. The first-order valence-corrected chi connectivity index (χ1v) is 8.30. The molecule has 2 aromatic heterocycles. The molecule has 0 radical (unpaired) electrons. The van der Waals surface area contributed by atoms with Crippen LogP contribution in [-0.4, -0.2) is 4.98 Å². The van der Waals surface area contributed by atoms with Gasteiger partial charge in [0.15, 0.2) is 0 Å². The smallest absolute Gasteiger partial charge is 0.134 e. The van der Waals surface area contributed by atoms with Crippen LogP contribution in [0.15, 0.2) is 40.1 Å². The monoisotopic (exact) mass is 360 g/mol. The highest BCUT2D eigenvalue weighted by Crippen LogP contribution is 2.31. The molecule has 114 valence electrons. The molecule has 0 bridgehead atoms. The maximum atomic E-state index is 9.38. The zero-order valence-corrected chi connectivity index (χ0v) is 14.3. The lowest BCUT2D eigenvalue weighted by Crippen LogP contribution is -1.83. The number of thiazole rings is 1. The standard InChI is InChI=1S/C17H10Cl2N2OS/c1-10-2-4-13(22-10)6-12(8-20)17-21-16(9-23-17)11-3-5-14(18)15(19)7-11/h2-7,9H,1H3/b12-6+. The fourth-order valence-electron chi connectivity index (χ4n) is 2.00. The average Bonchev–Trinajstić information content (AvgIpc) is 3.17. The zero-order valence-electron chi connectivity index (χ0n) is 12.0. The summed E-state index contributed by atoms with van der Waals surface area (Å²) in [6.07, 6.45) is 1.68. The van der Waals surface area contributed by atoms with E-state index < -0.39 is 0 Å². The minimum absolute atomic E-state index is 0.454. The number of nitriles is 1. The summed E-state index contributed by atoms with van der Waals surface area (Å²) in [6, 6.07) is 11.2. The molecular formula is C17H10Cl2N2OS. The SMILES string of the molecule is Cc1ccc(/C=C(\C#N)c2nc(-c3ccc(Cl)c(Cl)c3)cs2)o1. The van der Waals surface area contributed by atoms with Crippen LogP contribution in [0.2, 0.25) is 10.0 Å². The Labute approximate surface area is 147 Å². The van der Waals surface area contributed by atoms with E-state index in [0.29, 0.717) is 26.4 Å². The number of furan rings is 1. The second-order valence-corrected chi connectivity index (χ2v) is 6.46. The first-order valence-electron chi connectivity index (χ1n) is 6.66. The van der Waals surface area contributed by atoms with Crippen LogP contribution in [0.1, 0.15) is 16.5 Å². The summed E-state index contributed by atoms with van der Waals surface area (Å²) in [4.78, 5) is 4.51. The topological polar surface area (TPSA) is 49.8 Å². The van der Waals surface area contributed by atoms with E-state index in [-0.39, 0.29) is 0 Å². The van der Waals surface area contributed by atoms with Crippen molar-refractivity contribution < 1.29 is 4.42 Å². The maximum Gasteiger partial charge on any atom is 0.134 e. The molecule has 3 rings (SSSR count). The van der Waals surface area contributed by atoms with Crippen molar-refractivity contribution in [2.24, 2.45) is 0 Å². The van der Waals surface area contributed by atoms with Gasteiger partial charge in [0.05, 0.1) is 21.3 Å². The van der Waals surface area contributed by atoms with E-state index in [9.17, 15) is 5.26 Å². The molecule has 0 atom stereocenters. The molecule has 3 nitrogen and oxygen atoms in total. The summed E-state index contributed by atoms with van der Waals surface area (Å²) in [5.74, 6) is 1.43. The number of halogens is 2. The molecule has 0 aliphatic rings. The van der Waals surface area contributed by atoms with Crippen molar-refractivity contribution in [3.63, 3.8) is 0 Å². The van der Waals surface area contributed by atoms with Crippen molar-refractivity contribution >= 4 is 46.2 Å². The van der Waals surface area contributed by atoms with Gasteiger partial charge in [0, 0.05) is 17.0 Å². The second-order valence-electron chi connectivity index (χ2n) is 4.79. The van der Waals surface area contributed by atoms with Gasteiger partial charge >= 0.3 is 0 Å². The van der Waals surface area contributed by atoms with Crippen LogP contribution in [-0.2, 0) is 0 Å². The van der Waals surface area contributed by atoms with Gasteiger partial charge in [-0.25, -0.2) is 4.98 Å². The molecule has 3 aromatic rings. The summed E-state index contributed by atoms with van der Waals surface area (Å²) in [5.41, 5.74) is 2.06.